The summed E-state index contributed by atoms with van der Waals surface area (Å²) in [5, 5.41) is 3.00. The van der Waals surface area contributed by atoms with Crippen LogP contribution in [0.2, 0.25) is 0 Å². The summed E-state index contributed by atoms with van der Waals surface area (Å²) in [6.45, 7) is 10.1. The molecule has 35 heavy (non-hydrogen) atoms. The maximum atomic E-state index is 15.4. The third-order valence-electron chi connectivity index (χ3n) is 6.23. The van der Waals surface area contributed by atoms with Crippen LogP contribution in [0.1, 0.15) is 76.4 Å². The molecular weight excluding hydrogens is 457 g/mol. The number of fused-ring (bicyclic) bond motifs is 3. The Labute approximate surface area is 205 Å². The first-order valence-electron chi connectivity index (χ1n) is 12.0. The summed E-state index contributed by atoms with van der Waals surface area (Å²) in [5.74, 6) is -3.16. The molecule has 4 heterocycles. The summed E-state index contributed by atoms with van der Waals surface area (Å²) < 4.78 is 42.4. The molecule has 1 amide bonds. The van der Waals surface area contributed by atoms with E-state index in [1.165, 1.54) is 13.0 Å². The molecule has 10 heteroatoms. The predicted octanol–water partition coefficient (Wildman–Crippen LogP) is 5.14. The molecule has 0 aromatic carbocycles. The topological polar surface area (TPSA) is 97.0 Å². The highest BCUT2D eigenvalue weighted by Gasteiger charge is 2.44. The van der Waals surface area contributed by atoms with E-state index in [0.29, 0.717) is 18.9 Å². The summed E-state index contributed by atoms with van der Waals surface area (Å²) in [5.41, 5.74) is 4.04. The number of rotatable bonds is 4. The van der Waals surface area contributed by atoms with Crippen LogP contribution in [-0.4, -0.2) is 50.9 Å². The number of allylic oxidation sites excluding steroid dienone is 1. The largest absolute Gasteiger partial charge is 0.380 e. The fourth-order valence-electron chi connectivity index (χ4n) is 4.45. The number of hydrogen-bond acceptors (Lipinski definition) is 6. The molecule has 1 aliphatic carbocycles. The van der Waals surface area contributed by atoms with Gasteiger partial charge in [-0.05, 0) is 45.7 Å². The molecule has 2 aromatic heterocycles. The fourth-order valence-corrected chi connectivity index (χ4v) is 4.45. The Morgan fingerprint density at radius 2 is 1.83 bits per heavy atom. The minimum atomic E-state index is -1.09. The van der Waals surface area contributed by atoms with Crippen molar-refractivity contribution in [2.24, 2.45) is 0 Å². The van der Waals surface area contributed by atoms with E-state index in [4.69, 9.17) is 5.73 Å². The molecule has 1 saturated carbocycles. The summed E-state index contributed by atoms with van der Waals surface area (Å²) in [4.78, 5) is 26.6. The SMILES string of the molecule is C/C(=C\F)c1cc(C(=O)NC23CCC(CC2)N(C)C3)c(F)c(-c2cnc(N)c(F)n2)n1.CC.CC. The van der Waals surface area contributed by atoms with Crippen LogP contribution in [0, 0.1) is 11.8 Å². The van der Waals surface area contributed by atoms with Crippen LogP contribution in [0.3, 0.4) is 0 Å². The minimum Gasteiger partial charge on any atom is -0.380 e. The minimum absolute atomic E-state index is 0.0325. The summed E-state index contributed by atoms with van der Waals surface area (Å²) in [6, 6.07) is 1.70. The molecule has 0 atom stereocenters. The van der Waals surface area contributed by atoms with Crippen molar-refractivity contribution < 1.29 is 18.0 Å². The lowest BCUT2D eigenvalue weighted by Crippen LogP contribution is -2.64. The lowest BCUT2D eigenvalue weighted by atomic mass is 9.74. The van der Waals surface area contributed by atoms with Crippen molar-refractivity contribution in [1.82, 2.24) is 25.2 Å². The van der Waals surface area contributed by atoms with Gasteiger partial charge in [-0.15, -0.1) is 0 Å². The van der Waals surface area contributed by atoms with E-state index in [0.717, 1.165) is 31.9 Å². The van der Waals surface area contributed by atoms with Crippen LogP contribution in [0.4, 0.5) is 19.0 Å². The van der Waals surface area contributed by atoms with Gasteiger partial charge in [-0.3, -0.25) is 4.79 Å². The molecule has 3 aliphatic rings. The Balaban J connectivity index is 0.00000103. The monoisotopic (exact) mass is 492 g/mol. The number of nitrogens with zero attached hydrogens (tertiary/aromatic N) is 4. The highest BCUT2D eigenvalue weighted by molar-refractivity contribution is 5.96. The Hall–Kier alpha value is -3.01. The van der Waals surface area contributed by atoms with Crippen LogP contribution in [0.25, 0.3) is 17.0 Å². The number of halogens is 3. The maximum Gasteiger partial charge on any atom is 0.256 e. The number of piperidine rings is 2. The van der Waals surface area contributed by atoms with Crippen molar-refractivity contribution in [3.8, 4) is 11.4 Å². The van der Waals surface area contributed by atoms with E-state index >= 15 is 4.39 Å². The van der Waals surface area contributed by atoms with Gasteiger partial charge in [-0.2, -0.15) is 4.39 Å². The molecule has 3 fully saturated rings. The number of likely N-dealkylation sites (N-methyl/N-ethyl adjacent to an activating group) is 1. The van der Waals surface area contributed by atoms with E-state index in [2.05, 4.69) is 25.2 Å². The number of pyridine rings is 1. The van der Waals surface area contributed by atoms with Crippen molar-refractivity contribution in [1.29, 1.82) is 0 Å². The zero-order valence-corrected chi connectivity index (χ0v) is 21.3. The molecule has 2 saturated heterocycles. The third-order valence-corrected chi connectivity index (χ3v) is 6.23. The number of aromatic nitrogens is 3. The molecule has 2 bridgehead atoms. The zero-order valence-electron chi connectivity index (χ0n) is 21.3. The molecule has 2 aliphatic heterocycles. The Bertz CT molecular complexity index is 1070. The van der Waals surface area contributed by atoms with E-state index in [-0.39, 0.29) is 22.5 Å². The molecule has 7 nitrogen and oxygen atoms in total. The van der Waals surface area contributed by atoms with Crippen LogP contribution < -0.4 is 11.1 Å². The smallest absolute Gasteiger partial charge is 0.256 e. The summed E-state index contributed by atoms with van der Waals surface area (Å²) >= 11 is 0. The van der Waals surface area contributed by atoms with Gasteiger partial charge in [0.2, 0.25) is 0 Å². The van der Waals surface area contributed by atoms with Crippen LogP contribution in [0.15, 0.2) is 18.6 Å². The van der Waals surface area contributed by atoms with Crippen LogP contribution >= 0.6 is 0 Å². The molecule has 0 radical (unpaired) electrons. The summed E-state index contributed by atoms with van der Waals surface area (Å²) in [6.07, 6.45) is 4.87. The van der Waals surface area contributed by atoms with Crippen molar-refractivity contribution >= 4 is 17.3 Å². The number of nitrogens with two attached hydrogens (primary N) is 1. The number of hydrogen-bond donors (Lipinski definition) is 2. The van der Waals surface area contributed by atoms with Gasteiger partial charge >= 0.3 is 0 Å². The fraction of sp³-hybridized carbons (Fsp3) is 0.520. The van der Waals surface area contributed by atoms with Gasteiger partial charge in [0.1, 0.15) is 11.4 Å². The van der Waals surface area contributed by atoms with Gasteiger partial charge < -0.3 is 16.0 Å². The Morgan fingerprint density at radius 3 is 2.37 bits per heavy atom. The number of nitrogen functional groups attached to an aromatic ring is 1. The molecule has 0 spiro atoms. The number of carbonyl (C=O) groups is 1. The van der Waals surface area contributed by atoms with Gasteiger partial charge in [0.15, 0.2) is 11.6 Å². The molecular formula is C25H35F3N6O. The molecule has 5 rings (SSSR count). The number of anilines is 1. The Kier molecular flexibility index (Phi) is 9.76. The normalized spacial score (nSPS) is 21.4. The van der Waals surface area contributed by atoms with Crippen molar-refractivity contribution in [3.05, 3.63) is 41.6 Å². The van der Waals surface area contributed by atoms with E-state index in [1.807, 2.05) is 34.7 Å². The first kappa shape index (κ1) is 28.2. The standard InChI is InChI=1S/C21H23F3N6O.2C2H6/c1-11(8-22)14-7-13(16(23)17(27-14)15-9-26-19(25)18(24)28-15)20(31)29-21-5-3-12(4-6-21)30(2)10-21;2*1-2/h7-9,12H,3-6,10H2,1-2H3,(H2,25,26)(H,29,31);2*1-2H3/b11-8+;;. The number of amides is 1. The van der Waals surface area contributed by atoms with Gasteiger partial charge in [-0.25, -0.2) is 23.7 Å². The second-order valence-electron chi connectivity index (χ2n) is 8.32. The van der Waals surface area contributed by atoms with Crippen molar-refractivity contribution in [3.63, 3.8) is 0 Å². The van der Waals surface area contributed by atoms with Crippen molar-refractivity contribution in [2.75, 3.05) is 19.3 Å². The summed E-state index contributed by atoms with van der Waals surface area (Å²) in [7, 11) is 2.01. The predicted molar refractivity (Wildman–Crippen MR) is 132 cm³/mol. The quantitative estimate of drug-likeness (QED) is 0.614. The van der Waals surface area contributed by atoms with E-state index in [9.17, 15) is 13.6 Å². The van der Waals surface area contributed by atoms with Gasteiger partial charge in [-0.1, -0.05) is 27.7 Å². The zero-order chi connectivity index (χ0) is 26.3. The van der Waals surface area contributed by atoms with Gasteiger partial charge in [0.05, 0.1) is 29.3 Å². The first-order valence-corrected chi connectivity index (χ1v) is 12.0. The second-order valence-corrected chi connectivity index (χ2v) is 8.32. The number of carbonyl (C=O) groups excluding carboxylic acids is 1. The van der Waals surface area contributed by atoms with Crippen molar-refractivity contribution in [2.45, 2.75) is 71.9 Å². The lowest BCUT2D eigenvalue weighted by Gasteiger charge is -2.51. The highest BCUT2D eigenvalue weighted by atomic mass is 19.1. The highest BCUT2D eigenvalue weighted by Crippen LogP contribution is 2.38. The average molecular weight is 493 g/mol. The Morgan fingerprint density at radius 1 is 1.20 bits per heavy atom. The van der Waals surface area contributed by atoms with Gasteiger partial charge in [0.25, 0.3) is 11.9 Å². The average Bonchev–Trinajstić information content (AvgIpc) is 2.88. The van der Waals surface area contributed by atoms with E-state index in [1.54, 1.807) is 0 Å². The molecule has 3 N–H and O–H groups in total. The third kappa shape index (κ3) is 5.98. The first-order chi connectivity index (χ1) is 16.7. The van der Waals surface area contributed by atoms with E-state index < -0.39 is 34.7 Å². The number of nitrogens with one attached hydrogen (secondary N) is 1. The molecule has 2 aromatic rings. The second kappa shape index (κ2) is 12.1. The van der Waals surface area contributed by atoms with Crippen LogP contribution in [-0.2, 0) is 0 Å². The molecule has 0 unspecified atom stereocenters. The molecule has 192 valence electrons. The lowest BCUT2D eigenvalue weighted by molar-refractivity contribution is 0.0269. The maximum absolute atomic E-state index is 15.4. The van der Waals surface area contributed by atoms with Crippen LogP contribution in [0.5, 0.6) is 0 Å². The van der Waals surface area contributed by atoms with Gasteiger partial charge in [0, 0.05) is 18.2 Å².